The molecule has 1 aromatic heterocycles. The van der Waals surface area contributed by atoms with Crippen LogP contribution in [-0.4, -0.2) is 15.4 Å². The number of ether oxygens (including phenoxy) is 1. The summed E-state index contributed by atoms with van der Waals surface area (Å²) in [5.74, 6) is 0.971. The Morgan fingerprint density at radius 3 is 2.46 bits per heavy atom. The van der Waals surface area contributed by atoms with Crippen molar-refractivity contribution < 1.29 is 9.30 Å². The Hall–Kier alpha value is -2.46. The highest BCUT2D eigenvalue weighted by molar-refractivity contribution is 5.29. The summed E-state index contributed by atoms with van der Waals surface area (Å²) < 4.78 is 10.4. The van der Waals surface area contributed by atoms with E-state index in [2.05, 4.69) is 67.2 Å². The van der Waals surface area contributed by atoms with Crippen LogP contribution in [0.1, 0.15) is 31.3 Å². The number of nitrogens with zero attached hydrogens (tertiary/aromatic N) is 3. The molecule has 1 atom stereocenters. The zero-order valence-electron chi connectivity index (χ0n) is 14.1. The van der Waals surface area contributed by atoms with Crippen LogP contribution in [0.2, 0.25) is 0 Å². The number of para-hydroxylation sites is 1. The van der Waals surface area contributed by atoms with Crippen molar-refractivity contribution in [2.45, 2.75) is 38.5 Å². The SMILES string of the molecule is CC1(C)OCc2nn(-c3ccccc3)c[n+]2C1Cc1ccccc1. The average molecular weight is 320 g/mol. The Morgan fingerprint density at radius 2 is 1.75 bits per heavy atom. The lowest BCUT2D eigenvalue weighted by molar-refractivity contribution is -0.757. The third-order valence-corrected chi connectivity index (χ3v) is 4.76. The molecule has 0 fully saturated rings. The summed E-state index contributed by atoms with van der Waals surface area (Å²) >= 11 is 0. The van der Waals surface area contributed by atoms with Crippen molar-refractivity contribution in [3.63, 3.8) is 0 Å². The van der Waals surface area contributed by atoms with Crippen LogP contribution in [0.5, 0.6) is 0 Å². The minimum absolute atomic E-state index is 0.209. The Labute approximate surface area is 142 Å². The molecule has 4 rings (SSSR count). The second kappa shape index (κ2) is 5.87. The first-order valence-electron chi connectivity index (χ1n) is 8.36. The van der Waals surface area contributed by atoms with Crippen molar-refractivity contribution in [1.29, 1.82) is 0 Å². The fourth-order valence-electron chi connectivity index (χ4n) is 3.32. The summed E-state index contributed by atoms with van der Waals surface area (Å²) in [6, 6.07) is 21.0. The predicted octanol–water partition coefficient (Wildman–Crippen LogP) is 3.25. The van der Waals surface area contributed by atoms with Crippen molar-refractivity contribution in [3.8, 4) is 5.69 Å². The van der Waals surface area contributed by atoms with Crippen LogP contribution in [-0.2, 0) is 17.8 Å². The van der Waals surface area contributed by atoms with Crippen LogP contribution in [0.4, 0.5) is 0 Å². The first-order chi connectivity index (χ1) is 11.6. The van der Waals surface area contributed by atoms with E-state index < -0.39 is 0 Å². The number of hydrogen-bond acceptors (Lipinski definition) is 2. The molecule has 122 valence electrons. The fraction of sp³-hybridized carbons (Fsp3) is 0.300. The third-order valence-electron chi connectivity index (χ3n) is 4.76. The highest BCUT2D eigenvalue weighted by atomic mass is 16.5. The molecule has 0 amide bonds. The molecule has 0 aliphatic carbocycles. The third kappa shape index (κ3) is 2.74. The lowest BCUT2D eigenvalue weighted by Gasteiger charge is -2.36. The molecule has 0 radical (unpaired) electrons. The Kier molecular flexibility index (Phi) is 3.69. The van der Waals surface area contributed by atoms with Gasteiger partial charge in [0.1, 0.15) is 18.3 Å². The van der Waals surface area contributed by atoms with E-state index in [0.717, 1.165) is 17.9 Å². The van der Waals surface area contributed by atoms with E-state index in [1.54, 1.807) is 0 Å². The van der Waals surface area contributed by atoms with E-state index in [1.807, 2.05) is 22.9 Å². The molecule has 1 aliphatic rings. The van der Waals surface area contributed by atoms with Gasteiger partial charge in [-0.25, -0.2) is 4.57 Å². The highest BCUT2D eigenvalue weighted by Crippen LogP contribution is 2.30. The molecule has 0 N–H and O–H groups in total. The first kappa shape index (κ1) is 15.1. The van der Waals surface area contributed by atoms with Crippen LogP contribution >= 0.6 is 0 Å². The molecule has 0 saturated carbocycles. The lowest BCUT2D eigenvalue weighted by atomic mass is 9.91. The zero-order chi connectivity index (χ0) is 16.6. The fourth-order valence-corrected chi connectivity index (χ4v) is 3.32. The molecular formula is C20H22N3O+. The number of benzene rings is 2. The second-order valence-electron chi connectivity index (χ2n) is 6.82. The number of fused-ring (bicyclic) bond motifs is 1. The molecule has 4 heteroatoms. The van der Waals surface area contributed by atoms with Crippen molar-refractivity contribution in [2.75, 3.05) is 0 Å². The van der Waals surface area contributed by atoms with E-state index in [1.165, 1.54) is 5.56 Å². The molecular weight excluding hydrogens is 298 g/mol. The van der Waals surface area contributed by atoms with Crippen molar-refractivity contribution in [1.82, 2.24) is 9.78 Å². The summed E-state index contributed by atoms with van der Waals surface area (Å²) in [6.45, 7) is 4.87. The van der Waals surface area contributed by atoms with Gasteiger partial charge in [0.25, 0.3) is 0 Å². The van der Waals surface area contributed by atoms with Crippen LogP contribution in [0.15, 0.2) is 67.0 Å². The standard InChI is InChI=1S/C20H22N3O/c1-20(2)18(13-16-9-5-3-6-10-16)22-15-23(21-19(22)14-24-20)17-11-7-4-8-12-17/h3-12,15,18H,13-14H2,1-2H3/q+1. The van der Waals surface area contributed by atoms with E-state index >= 15 is 0 Å². The van der Waals surface area contributed by atoms with Crippen LogP contribution in [0.25, 0.3) is 5.69 Å². The van der Waals surface area contributed by atoms with Gasteiger partial charge in [0, 0.05) is 11.5 Å². The molecule has 4 nitrogen and oxygen atoms in total. The van der Waals surface area contributed by atoms with Gasteiger partial charge >= 0.3 is 5.82 Å². The molecule has 2 heterocycles. The van der Waals surface area contributed by atoms with Gasteiger partial charge in [0.05, 0.1) is 5.60 Å². The molecule has 3 aromatic rings. The molecule has 1 aliphatic heterocycles. The maximum Gasteiger partial charge on any atom is 0.304 e. The Morgan fingerprint density at radius 1 is 1.08 bits per heavy atom. The summed E-state index contributed by atoms with van der Waals surface area (Å²) in [7, 11) is 0. The number of aromatic nitrogens is 3. The Bertz CT molecular complexity index is 825. The van der Waals surface area contributed by atoms with Crippen molar-refractivity contribution >= 4 is 0 Å². The first-order valence-corrected chi connectivity index (χ1v) is 8.36. The predicted molar refractivity (Wildman–Crippen MR) is 91.8 cm³/mol. The van der Waals surface area contributed by atoms with Crippen molar-refractivity contribution in [2.24, 2.45) is 0 Å². The average Bonchev–Trinajstić information content (AvgIpc) is 3.04. The van der Waals surface area contributed by atoms with Gasteiger partial charge in [-0.05, 0) is 31.5 Å². The van der Waals surface area contributed by atoms with Gasteiger partial charge < -0.3 is 4.74 Å². The maximum atomic E-state index is 6.13. The summed E-state index contributed by atoms with van der Waals surface area (Å²) in [5.41, 5.74) is 2.14. The van der Waals surface area contributed by atoms with Gasteiger partial charge in [-0.3, -0.25) is 0 Å². The number of rotatable bonds is 3. The minimum Gasteiger partial charge on any atom is -0.361 e. The monoisotopic (exact) mass is 320 g/mol. The zero-order valence-corrected chi connectivity index (χ0v) is 14.1. The summed E-state index contributed by atoms with van der Waals surface area (Å²) in [5, 5.41) is 4.73. The minimum atomic E-state index is -0.238. The van der Waals surface area contributed by atoms with Crippen LogP contribution in [0, 0.1) is 0 Å². The topological polar surface area (TPSA) is 30.9 Å². The smallest absolute Gasteiger partial charge is 0.304 e. The molecule has 24 heavy (non-hydrogen) atoms. The van der Waals surface area contributed by atoms with Crippen LogP contribution < -0.4 is 4.57 Å². The molecule has 1 unspecified atom stereocenters. The van der Waals surface area contributed by atoms with Gasteiger partial charge in [-0.1, -0.05) is 53.2 Å². The maximum absolute atomic E-state index is 6.13. The quantitative estimate of drug-likeness (QED) is 0.694. The second-order valence-corrected chi connectivity index (χ2v) is 6.82. The van der Waals surface area contributed by atoms with Gasteiger partial charge in [-0.2, -0.15) is 0 Å². The van der Waals surface area contributed by atoms with Gasteiger partial charge in [0.15, 0.2) is 0 Å². The molecule has 0 saturated heterocycles. The van der Waals surface area contributed by atoms with E-state index in [9.17, 15) is 0 Å². The molecule has 0 spiro atoms. The molecule has 0 bridgehead atoms. The lowest BCUT2D eigenvalue weighted by Crippen LogP contribution is -2.57. The number of hydrogen-bond donors (Lipinski definition) is 0. The molecule has 2 aromatic carbocycles. The van der Waals surface area contributed by atoms with E-state index in [4.69, 9.17) is 9.84 Å². The summed E-state index contributed by atoms with van der Waals surface area (Å²) in [6.07, 6.45) is 3.02. The van der Waals surface area contributed by atoms with E-state index in [0.29, 0.717) is 6.61 Å². The van der Waals surface area contributed by atoms with Gasteiger partial charge in [-0.15, -0.1) is 0 Å². The largest absolute Gasteiger partial charge is 0.361 e. The van der Waals surface area contributed by atoms with Crippen LogP contribution in [0.3, 0.4) is 0 Å². The van der Waals surface area contributed by atoms with E-state index in [-0.39, 0.29) is 11.6 Å². The highest BCUT2D eigenvalue weighted by Gasteiger charge is 2.42. The van der Waals surface area contributed by atoms with Crippen molar-refractivity contribution in [3.05, 3.63) is 78.4 Å². The Balaban J connectivity index is 1.73. The normalized spacial score (nSPS) is 19.0. The summed E-state index contributed by atoms with van der Waals surface area (Å²) in [4.78, 5) is 0. The van der Waals surface area contributed by atoms with Gasteiger partial charge in [0.2, 0.25) is 6.33 Å².